The van der Waals surface area contributed by atoms with E-state index in [-0.39, 0.29) is 21.1 Å². The third kappa shape index (κ3) is 4.29. The molecule has 1 aliphatic rings. The van der Waals surface area contributed by atoms with E-state index in [0.717, 1.165) is 55.2 Å². The van der Waals surface area contributed by atoms with Gasteiger partial charge in [-0.25, -0.2) is 0 Å². The molecule has 0 atom stereocenters. The molecule has 2 aromatic heterocycles. The Hall–Kier alpha value is -5.17. The maximum Gasteiger partial charge on any atom is 2.00 e. The summed E-state index contributed by atoms with van der Waals surface area (Å²) in [6.07, 6.45) is 3.84. The largest absolute Gasteiger partial charge is 2.00 e. The minimum Gasteiger partial charge on any atom is -0.304 e. The summed E-state index contributed by atoms with van der Waals surface area (Å²) in [5, 5.41) is 4.57. The van der Waals surface area contributed by atoms with Crippen molar-refractivity contribution < 1.29 is 21.1 Å². The van der Waals surface area contributed by atoms with E-state index in [9.17, 15) is 0 Å². The first-order valence-electron chi connectivity index (χ1n) is 15.2. The summed E-state index contributed by atoms with van der Waals surface area (Å²) in [6.45, 7) is 0. The number of rotatable bonds is 4. The molecular weight excluding hydrogens is 740 g/mol. The Balaban J connectivity index is 0.00000312. The molecule has 2 heterocycles. The molecule has 0 amide bonds. The Morgan fingerprint density at radius 3 is 1.80 bits per heavy atom. The second kappa shape index (κ2) is 11.3. The van der Waals surface area contributed by atoms with E-state index in [1.54, 1.807) is 0 Å². The van der Waals surface area contributed by atoms with Gasteiger partial charge >= 0.3 is 21.1 Å². The number of aromatic nitrogens is 2. The van der Waals surface area contributed by atoms with E-state index in [1.807, 2.05) is 18.5 Å². The zero-order valence-electron chi connectivity index (χ0n) is 24.7. The van der Waals surface area contributed by atoms with Crippen LogP contribution in [-0.4, -0.2) is 9.97 Å². The van der Waals surface area contributed by atoms with E-state index in [0.29, 0.717) is 0 Å². The van der Waals surface area contributed by atoms with E-state index in [2.05, 4.69) is 152 Å². The molecule has 0 fully saturated rings. The molecule has 8 aromatic rings. The van der Waals surface area contributed by atoms with Crippen LogP contribution in [0.25, 0.3) is 55.2 Å². The van der Waals surface area contributed by atoms with Crippen LogP contribution in [-0.2, 0) is 26.5 Å². The molecule has 9 rings (SSSR count). The molecule has 6 aromatic carbocycles. The van der Waals surface area contributed by atoms with E-state index in [4.69, 9.17) is 9.97 Å². The zero-order chi connectivity index (χ0) is 29.8. The van der Waals surface area contributed by atoms with Crippen molar-refractivity contribution in [3.05, 3.63) is 192 Å². The standard InChI is InChI=1S/C43H26N2.Pt/c1-2-13-33-28-45-41(27-30(33)12-1)31-14-9-16-34(25-31)43(39-21-7-5-19-37(39)38-20-6-8-22-40(38)43)35-17-10-15-32(26-35)42-36-18-4-3-11-29(36)23-24-44-42;/h1-24,27-28H;/q-2;+2. The molecule has 218 valence electrons. The summed E-state index contributed by atoms with van der Waals surface area (Å²) in [7, 11) is 0. The van der Waals surface area contributed by atoms with Gasteiger partial charge in [0.2, 0.25) is 0 Å². The van der Waals surface area contributed by atoms with Gasteiger partial charge in [-0.2, -0.15) is 0 Å². The van der Waals surface area contributed by atoms with Crippen LogP contribution in [0.4, 0.5) is 0 Å². The molecule has 0 bridgehead atoms. The third-order valence-corrected chi connectivity index (χ3v) is 9.19. The van der Waals surface area contributed by atoms with Crippen LogP contribution < -0.4 is 0 Å². The summed E-state index contributed by atoms with van der Waals surface area (Å²) in [6, 6.07) is 59.3. The normalized spacial score (nSPS) is 12.8. The zero-order valence-corrected chi connectivity index (χ0v) is 27.0. The van der Waals surface area contributed by atoms with E-state index < -0.39 is 5.41 Å². The fourth-order valence-electron chi connectivity index (χ4n) is 7.19. The first kappa shape index (κ1) is 28.3. The smallest absolute Gasteiger partial charge is 0.304 e. The molecule has 46 heavy (non-hydrogen) atoms. The minimum atomic E-state index is -0.638. The summed E-state index contributed by atoms with van der Waals surface area (Å²) in [5.41, 5.74) is 10.2. The van der Waals surface area contributed by atoms with Crippen LogP contribution in [0.1, 0.15) is 22.3 Å². The number of fused-ring (bicyclic) bond motifs is 5. The molecule has 0 saturated heterocycles. The van der Waals surface area contributed by atoms with Crippen molar-refractivity contribution in [2.75, 3.05) is 0 Å². The molecule has 0 unspecified atom stereocenters. The van der Waals surface area contributed by atoms with Crippen molar-refractivity contribution in [3.8, 4) is 33.6 Å². The van der Waals surface area contributed by atoms with E-state index in [1.165, 1.54) is 22.3 Å². The quantitative estimate of drug-likeness (QED) is 0.167. The number of hydrogen-bond acceptors (Lipinski definition) is 2. The van der Waals surface area contributed by atoms with Gasteiger partial charge < -0.3 is 9.97 Å². The fraction of sp³-hybridized carbons (Fsp3) is 0.0233. The van der Waals surface area contributed by atoms with Crippen molar-refractivity contribution in [3.63, 3.8) is 0 Å². The molecule has 0 spiro atoms. The maximum atomic E-state index is 4.86. The van der Waals surface area contributed by atoms with Crippen molar-refractivity contribution in [1.82, 2.24) is 9.97 Å². The minimum absolute atomic E-state index is 0. The van der Waals surface area contributed by atoms with Crippen molar-refractivity contribution in [2.45, 2.75) is 5.41 Å². The molecule has 0 saturated carbocycles. The Bertz CT molecular complexity index is 2360. The van der Waals surface area contributed by atoms with Crippen LogP contribution in [0.3, 0.4) is 0 Å². The van der Waals surface area contributed by atoms with Crippen LogP contribution in [0, 0.1) is 12.1 Å². The number of hydrogen-bond donors (Lipinski definition) is 0. The topological polar surface area (TPSA) is 25.8 Å². The Morgan fingerprint density at radius 2 is 1.07 bits per heavy atom. The monoisotopic (exact) mass is 765 g/mol. The Kier molecular flexibility index (Phi) is 6.97. The first-order chi connectivity index (χ1) is 22.3. The SMILES string of the molecule is [Pt+2].[c-]1c(-c2cc3ccccc3cn2)cccc1C1(c2[c-]c(-c3nccc4ccccc34)ccc2)c2ccccc2-c2ccccc21. The van der Waals surface area contributed by atoms with Crippen LogP contribution in [0.15, 0.2) is 158 Å². The number of nitrogens with zero attached hydrogens (tertiary/aromatic N) is 2. The average Bonchev–Trinajstić information content (AvgIpc) is 3.42. The second-order valence-corrected chi connectivity index (χ2v) is 11.6. The van der Waals surface area contributed by atoms with Gasteiger partial charge in [0, 0.05) is 17.8 Å². The molecule has 0 N–H and O–H groups in total. The first-order valence-corrected chi connectivity index (χ1v) is 15.2. The summed E-state index contributed by atoms with van der Waals surface area (Å²) in [4.78, 5) is 9.72. The van der Waals surface area contributed by atoms with Gasteiger partial charge in [-0.3, -0.25) is 0 Å². The van der Waals surface area contributed by atoms with E-state index >= 15 is 0 Å². The Labute approximate surface area is 282 Å². The van der Waals surface area contributed by atoms with Crippen molar-refractivity contribution >= 4 is 21.5 Å². The Morgan fingerprint density at radius 1 is 0.478 bits per heavy atom. The van der Waals surface area contributed by atoms with Crippen molar-refractivity contribution in [1.29, 1.82) is 0 Å². The fourth-order valence-corrected chi connectivity index (χ4v) is 7.19. The molecule has 2 nitrogen and oxygen atoms in total. The summed E-state index contributed by atoms with van der Waals surface area (Å²) in [5.74, 6) is 0. The molecule has 1 aliphatic carbocycles. The van der Waals surface area contributed by atoms with Gasteiger partial charge in [0.15, 0.2) is 0 Å². The molecule has 3 heteroatoms. The van der Waals surface area contributed by atoms with Gasteiger partial charge in [0.25, 0.3) is 0 Å². The predicted molar refractivity (Wildman–Crippen MR) is 183 cm³/mol. The van der Waals surface area contributed by atoms with Gasteiger partial charge in [0.1, 0.15) is 0 Å². The predicted octanol–water partition coefficient (Wildman–Crippen LogP) is 10.1. The number of benzene rings is 6. The maximum absolute atomic E-state index is 4.86. The second-order valence-electron chi connectivity index (χ2n) is 11.6. The van der Waals surface area contributed by atoms with Crippen LogP contribution >= 0.6 is 0 Å². The number of pyridine rings is 2. The van der Waals surface area contributed by atoms with Crippen LogP contribution in [0.5, 0.6) is 0 Å². The molecule has 0 radical (unpaired) electrons. The third-order valence-electron chi connectivity index (χ3n) is 9.19. The van der Waals surface area contributed by atoms with Gasteiger partial charge in [0.05, 0.1) is 0 Å². The average molecular weight is 766 g/mol. The molecular formula is C43H26N2Pt. The molecule has 0 aliphatic heterocycles. The summed E-state index contributed by atoms with van der Waals surface area (Å²) < 4.78 is 0. The van der Waals surface area contributed by atoms with Gasteiger partial charge in [-0.1, -0.05) is 103 Å². The van der Waals surface area contributed by atoms with Gasteiger partial charge in [-0.15, -0.1) is 70.8 Å². The van der Waals surface area contributed by atoms with Crippen molar-refractivity contribution in [2.24, 2.45) is 0 Å². The van der Waals surface area contributed by atoms with Gasteiger partial charge in [-0.05, 0) is 61.3 Å². The summed E-state index contributed by atoms with van der Waals surface area (Å²) >= 11 is 0. The van der Waals surface area contributed by atoms with Crippen LogP contribution in [0.2, 0.25) is 0 Å².